The highest BCUT2D eigenvalue weighted by Gasteiger charge is 2.41. The lowest BCUT2D eigenvalue weighted by Crippen LogP contribution is -2.37. The van der Waals surface area contributed by atoms with Crippen molar-refractivity contribution in [1.82, 2.24) is 24.6 Å². The first-order valence-electron chi connectivity index (χ1n) is 10.1. The summed E-state index contributed by atoms with van der Waals surface area (Å²) >= 11 is 0. The summed E-state index contributed by atoms with van der Waals surface area (Å²) in [6.45, 7) is 1.63. The highest BCUT2D eigenvalue weighted by atomic mass is 16.2. The maximum atomic E-state index is 13.2. The first-order valence-corrected chi connectivity index (χ1v) is 10.1. The van der Waals surface area contributed by atoms with Gasteiger partial charge in [-0.25, -0.2) is 4.98 Å². The quantitative estimate of drug-likeness (QED) is 0.613. The van der Waals surface area contributed by atoms with Gasteiger partial charge in [0.25, 0.3) is 5.91 Å². The van der Waals surface area contributed by atoms with Crippen LogP contribution in [-0.4, -0.2) is 49.1 Å². The number of nitrogens with zero attached hydrogens (tertiary/aromatic N) is 7. The molecule has 1 fully saturated rings. The average molecular weight is 409 g/mol. The van der Waals surface area contributed by atoms with Gasteiger partial charge in [0.15, 0.2) is 6.19 Å². The topological polar surface area (TPSA) is 102 Å². The monoisotopic (exact) mass is 409 g/mol. The van der Waals surface area contributed by atoms with Gasteiger partial charge < -0.3 is 9.80 Å². The van der Waals surface area contributed by atoms with Crippen LogP contribution in [0.15, 0.2) is 54.9 Å². The van der Waals surface area contributed by atoms with E-state index >= 15 is 0 Å². The molecule has 0 bridgehead atoms. The summed E-state index contributed by atoms with van der Waals surface area (Å²) < 4.78 is 1.82. The maximum absolute atomic E-state index is 13.2. The second kappa shape index (κ2) is 7.58. The molecule has 4 heterocycles. The number of fused-ring (bicyclic) bond motifs is 1. The number of amides is 1. The largest absolute Gasteiger partial charge is 0.328 e. The number of hydrogen-bond acceptors (Lipinski definition) is 6. The van der Waals surface area contributed by atoms with Crippen LogP contribution in [0.4, 0.5) is 0 Å². The van der Waals surface area contributed by atoms with Crippen LogP contribution >= 0.6 is 0 Å². The fourth-order valence-electron chi connectivity index (χ4n) is 4.43. The van der Waals surface area contributed by atoms with E-state index in [1.165, 1.54) is 0 Å². The molecule has 31 heavy (non-hydrogen) atoms. The summed E-state index contributed by atoms with van der Waals surface area (Å²) in [6, 6.07) is 15.0. The second-order valence-corrected chi connectivity index (χ2v) is 7.85. The second-order valence-electron chi connectivity index (χ2n) is 7.85. The standard InChI is InChI=1S/C23H19N7O/c24-11-16-3-1-4-17(9-16)21-6-5-18-12-30(23(31)22(18)27-21)20-10-19(28(13-20)15-25)14-29-8-2-7-26-29/h1-9,19-20H,10,12-14H2/t19-,20+/m0/s1. The van der Waals surface area contributed by atoms with Crippen molar-refractivity contribution in [3.63, 3.8) is 0 Å². The third-order valence-electron chi connectivity index (χ3n) is 5.99. The number of rotatable bonds is 4. The number of pyridine rings is 1. The van der Waals surface area contributed by atoms with E-state index < -0.39 is 0 Å². The number of carbonyl (C=O) groups excluding carboxylic acids is 1. The summed E-state index contributed by atoms with van der Waals surface area (Å²) in [5, 5.41) is 23.0. The molecule has 8 nitrogen and oxygen atoms in total. The van der Waals surface area contributed by atoms with Gasteiger partial charge in [0.05, 0.1) is 36.0 Å². The number of nitriles is 2. The number of carbonyl (C=O) groups is 1. The molecular formula is C23H19N7O. The van der Waals surface area contributed by atoms with Crippen LogP contribution in [0.3, 0.4) is 0 Å². The van der Waals surface area contributed by atoms with Crippen molar-refractivity contribution in [3.8, 4) is 23.5 Å². The molecule has 0 radical (unpaired) electrons. The van der Waals surface area contributed by atoms with Crippen molar-refractivity contribution < 1.29 is 4.79 Å². The minimum absolute atomic E-state index is 0.00338. The van der Waals surface area contributed by atoms with E-state index in [1.54, 1.807) is 23.2 Å². The van der Waals surface area contributed by atoms with Gasteiger partial charge in [-0.15, -0.1) is 0 Å². The third-order valence-corrected chi connectivity index (χ3v) is 5.99. The van der Waals surface area contributed by atoms with E-state index in [-0.39, 0.29) is 18.0 Å². The zero-order valence-corrected chi connectivity index (χ0v) is 16.7. The Labute approximate surface area is 179 Å². The number of benzene rings is 1. The Hall–Kier alpha value is -4.17. The lowest BCUT2D eigenvalue weighted by Gasteiger charge is -2.22. The van der Waals surface area contributed by atoms with Crippen molar-refractivity contribution in [1.29, 1.82) is 10.5 Å². The normalized spacial score (nSPS) is 19.9. The number of aromatic nitrogens is 3. The summed E-state index contributed by atoms with van der Waals surface area (Å²) in [5.74, 6) is -0.101. The van der Waals surface area contributed by atoms with Crippen LogP contribution in [0.5, 0.6) is 0 Å². The first kappa shape index (κ1) is 18.8. The Balaban J connectivity index is 1.36. The van der Waals surface area contributed by atoms with Crippen LogP contribution < -0.4 is 0 Å². The highest BCUT2D eigenvalue weighted by Crippen LogP contribution is 2.31. The van der Waals surface area contributed by atoms with Crippen LogP contribution in [0.25, 0.3) is 11.3 Å². The zero-order valence-electron chi connectivity index (χ0n) is 16.7. The lowest BCUT2D eigenvalue weighted by atomic mass is 10.1. The van der Waals surface area contributed by atoms with Gasteiger partial charge in [-0.3, -0.25) is 9.48 Å². The van der Waals surface area contributed by atoms with Gasteiger partial charge in [-0.2, -0.15) is 15.6 Å². The molecule has 3 aromatic rings. The van der Waals surface area contributed by atoms with Crippen molar-refractivity contribution in [2.24, 2.45) is 0 Å². The molecule has 152 valence electrons. The molecule has 1 amide bonds. The molecule has 0 aliphatic carbocycles. The Morgan fingerprint density at radius 2 is 2.06 bits per heavy atom. The molecule has 0 spiro atoms. The smallest absolute Gasteiger partial charge is 0.273 e. The van der Waals surface area contributed by atoms with Gasteiger partial charge >= 0.3 is 0 Å². The average Bonchev–Trinajstić information content (AvgIpc) is 3.53. The fourth-order valence-corrected chi connectivity index (χ4v) is 4.43. The Morgan fingerprint density at radius 3 is 2.84 bits per heavy atom. The van der Waals surface area contributed by atoms with Crippen LogP contribution in [-0.2, 0) is 13.1 Å². The molecular weight excluding hydrogens is 390 g/mol. The molecule has 2 aliphatic rings. The number of likely N-dealkylation sites (tertiary alicyclic amines) is 1. The number of hydrogen-bond donors (Lipinski definition) is 0. The van der Waals surface area contributed by atoms with Gasteiger partial charge in [-0.05, 0) is 30.7 Å². The Morgan fingerprint density at radius 1 is 1.16 bits per heavy atom. The molecule has 1 saturated heterocycles. The molecule has 0 saturated carbocycles. The van der Waals surface area contributed by atoms with E-state index in [4.69, 9.17) is 5.26 Å². The van der Waals surface area contributed by atoms with E-state index in [0.29, 0.717) is 43.0 Å². The Bertz CT molecular complexity index is 1220. The molecule has 0 N–H and O–H groups in total. The Kier molecular flexibility index (Phi) is 4.61. The molecule has 0 unspecified atom stereocenters. The molecule has 1 aromatic carbocycles. The molecule has 2 atom stereocenters. The van der Waals surface area contributed by atoms with Gasteiger partial charge in [0.2, 0.25) is 0 Å². The summed E-state index contributed by atoms with van der Waals surface area (Å²) in [5.41, 5.74) is 3.39. The molecule has 2 aliphatic heterocycles. The minimum atomic E-state index is -0.101. The van der Waals surface area contributed by atoms with Crippen molar-refractivity contribution in [2.75, 3.05) is 6.54 Å². The van der Waals surface area contributed by atoms with Crippen LogP contribution in [0.1, 0.15) is 28.0 Å². The predicted octanol–water partition coefficient (Wildman–Crippen LogP) is 2.40. The summed E-state index contributed by atoms with van der Waals surface area (Å²) in [7, 11) is 0. The van der Waals surface area contributed by atoms with Crippen molar-refractivity contribution >= 4 is 5.91 Å². The molecule has 8 heteroatoms. The first-order chi connectivity index (χ1) is 15.2. The van der Waals surface area contributed by atoms with Crippen LogP contribution in [0, 0.1) is 22.8 Å². The predicted molar refractivity (Wildman–Crippen MR) is 111 cm³/mol. The lowest BCUT2D eigenvalue weighted by molar-refractivity contribution is 0.0707. The highest BCUT2D eigenvalue weighted by molar-refractivity contribution is 5.97. The minimum Gasteiger partial charge on any atom is -0.328 e. The van der Waals surface area contributed by atoms with Crippen molar-refractivity contribution in [3.05, 3.63) is 71.7 Å². The van der Waals surface area contributed by atoms with Gasteiger partial charge in [-0.1, -0.05) is 18.2 Å². The molecule has 5 rings (SSSR count). The maximum Gasteiger partial charge on any atom is 0.273 e. The van der Waals surface area contributed by atoms with Crippen LogP contribution in [0.2, 0.25) is 0 Å². The fraction of sp³-hybridized carbons (Fsp3) is 0.261. The van der Waals surface area contributed by atoms with Crippen molar-refractivity contribution in [2.45, 2.75) is 31.6 Å². The summed E-state index contributed by atoms with van der Waals surface area (Å²) in [6.07, 6.45) is 6.59. The molecule has 2 aromatic heterocycles. The van der Waals surface area contributed by atoms with Gasteiger partial charge in [0, 0.05) is 36.6 Å². The van der Waals surface area contributed by atoms with E-state index in [1.807, 2.05) is 46.1 Å². The van der Waals surface area contributed by atoms with Gasteiger partial charge in [0.1, 0.15) is 5.69 Å². The van der Waals surface area contributed by atoms with E-state index in [0.717, 1.165) is 11.1 Å². The zero-order chi connectivity index (χ0) is 21.4. The third kappa shape index (κ3) is 3.38. The summed E-state index contributed by atoms with van der Waals surface area (Å²) in [4.78, 5) is 21.4. The SMILES string of the molecule is N#Cc1cccc(-c2ccc3c(n2)C(=O)N([C@@H]2C[C@@H](Cn4cccn4)N(C#N)C2)C3)c1. The van der Waals surface area contributed by atoms with E-state index in [2.05, 4.69) is 22.3 Å². The van der Waals surface area contributed by atoms with E-state index in [9.17, 15) is 10.1 Å².